The van der Waals surface area contributed by atoms with Crippen molar-refractivity contribution < 1.29 is 14.3 Å². The highest BCUT2D eigenvalue weighted by molar-refractivity contribution is 6.01. The van der Waals surface area contributed by atoms with Crippen molar-refractivity contribution in [2.45, 2.75) is 59.5 Å². The summed E-state index contributed by atoms with van der Waals surface area (Å²) in [6.45, 7) is 11.2. The minimum atomic E-state index is -0.447. The van der Waals surface area contributed by atoms with Crippen LogP contribution in [0.5, 0.6) is 5.75 Å². The quantitative estimate of drug-likeness (QED) is 0.729. The van der Waals surface area contributed by atoms with E-state index in [1.807, 2.05) is 51.7 Å². The fraction of sp³-hybridized carbons (Fsp3) is 0.600. The van der Waals surface area contributed by atoms with Crippen LogP contribution < -0.4 is 4.74 Å². The fourth-order valence-electron chi connectivity index (χ4n) is 3.65. The number of hydrogen-bond acceptors (Lipinski definition) is 3. The van der Waals surface area contributed by atoms with Gasteiger partial charge < -0.3 is 9.64 Å². The van der Waals surface area contributed by atoms with Gasteiger partial charge in [0.1, 0.15) is 11.4 Å². The third-order valence-corrected chi connectivity index (χ3v) is 5.38. The summed E-state index contributed by atoms with van der Waals surface area (Å²) in [7, 11) is 0. The summed E-state index contributed by atoms with van der Waals surface area (Å²) in [5.74, 6) is 1.09. The molecule has 1 aromatic carbocycles. The van der Waals surface area contributed by atoms with Gasteiger partial charge in [-0.3, -0.25) is 9.59 Å². The number of hydrogen-bond donors (Lipinski definition) is 0. The van der Waals surface area contributed by atoms with Gasteiger partial charge in [0.25, 0.3) is 0 Å². The van der Waals surface area contributed by atoms with Crippen LogP contribution in [0.3, 0.4) is 0 Å². The second-order valence-corrected chi connectivity index (χ2v) is 8.31. The fourth-order valence-corrected chi connectivity index (χ4v) is 3.65. The Morgan fingerprint density at radius 3 is 2.38 bits per heavy atom. The Morgan fingerprint density at radius 1 is 1.17 bits per heavy atom. The van der Waals surface area contributed by atoms with Crippen molar-refractivity contribution in [3.05, 3.63) is 28.8 Å². The van der Waals surface area contributed by atoms with Crippen LogP contribution in [0.15, 0.2) is 12.1 Å². The molecule has 0 aromatic heterocycles. The highest BCUT2D eigenvalue weighted by Crippen LogP contribution is 2.42. The number of ether oxygens (including phenoxy) is 1. The van der Waals surface area contributed by atoms with E-state index in [0.29, 0.717) is 37.9 Å². The van der Waals surface area contributed by atoms with Gasteiger partial charge in [0.15, 0.2) is 5.78 Å². The van der Waals surface area contributed by atoms with Crippen LogP contribution in [0.1, 0.15) is 61.5 Å². The van der Waals surface area contributed by atoms with E-state index in [0.717, 1.165) is 16.9 Å². The number of piperidine rings is 1. The van der Waals surface area contributed by atoms with Gasteiger partial charge in [0.2, 0.25) is 5.91 Å². The van der Waals surface area contributed by atoms with E-state index < -0.39 is 5.60 Å². The van der Waals surface area contributed by atoms with E-state index in [4.69, 9.17) is 4.74 Å². The largest absolute Gasteiger partial charge is 0.486 e. The average Bonchev–Trinajstić information content (AvgIpc) is 2.51. The Bertz CT molecular complexity index is 692. The van der Waals surface area contributed by atoms with Crippen LogP contribution in [0.2, 0.25) is 0 Å². The van der Waals surface area contributed by atoms with Crippen molar-refractivity contribution >= 4 is 11.7 Å². The zero-order chi connectivity index (χ0) is 17.7. The lowest BCUT2D eigenvalue weighted by Crippen LogP contribution is -2.54. The molecule has 130 valence electrons. The number of carbonyl (C=O) groups excluding carboxylic acids is 2. The van der Waals surface area contributed by atoms with E-state index in [9.17, 15) is 9.59 Å². The molecule has 2 aliphatic heterocycles. The summed E-state index contributed by atoms with van der Waals surface area (Å²) in [5.41, 5.74) is 2.08. The number of fused-ring (bicyclic) bond motifs is 1. The summed E-state index contributed by atoms with van der Waals surface area (Å²) in [4.78, 5) is 27.0. The number of amides is 1. The second-order valence-electron chi connectivity index (χ2n) is 8.31. The molecule has 0 atom stereocenters. The number of Topliss-reactive ketones (excluding diaryl/α,β-unsaturated/α-hetero) is 1. The van der Waals surface area contributed by atoms with Crippen LogP contribution in [0.25, 0.3) is 0 Å². The zero-order valence-corrected chi connectivity index (χ0v) is 15.4. The minimum Gasteiger partial charge on any atom is -0.486 e. The van der Waals surface area contributed by atoms with E-state index in [2.05, 4.69) is 0 Å². The molecule has 0 N–H and O–H groups in total. The van der Waals surface area contributed by atoms with Crippen LogP contribution >= 0.6 is 0 Å². The number of carbonyl (C=O) groups is 2. The van der Waals surface area contributed by atoms with Crippen molar-refractivity contribution in [2.75, 3.05) is 13.1 Å². The smallest absolute Gasteiger partial charge is 0.227 e. The molecule has 0 unspecified atom stereocenters. The Labute approximate surface area is 144 Å². The Hall–Kier alpha value is -1.84. The molecule has 1 aromatic rings. The highest BCUT2D eigenvalue weighted by Gasteiger charge is 2.45. The predicted molar refractivity (Wildman–Crippen MR) is 93.5 cm³/mol. The molecule has 1 amide bonds. The molecule has 4 nitrogen and oxygen atoms in total. The number of benzene rings is 1. The van der Waals surface area contributed by atoms with Crippen molar-refractivity contribution in [3.63, 3.8) is 0 Å². The summed E-state index contributed by atoms with van der Waals surface area (Å²) in [6.07, 6.45) is 1.85. The lowest BCUT2D eigenvalue weighted by atomic mass is 9.81. The molecular formula is C20H27NO3. The van der Waals surface area contributed by atoms with Crippen LogP contribution in [0, 0.1) is 19.3 Å². The first kappa shape index (κ1) is 17.0. The Morgan fingerprint density at radius 2 is 1.79 bits per heavy atom. The molecule has 2 aliphatic rings. The SMILES string of the molecule is Cc1ccc2c(c1C)OC1(CCN(C(=O)C(C)(C)C)CC1)CC2=O. The van der Waals surface area contributed by atoms with Gasteiger partial charge >= 0.3 is 0 Å². The first-order chi connectivity index (χ1) is 11.1. The number of aryl methyl sites for hydroxylation is 1. The summed E-state index contributed by atoms with van der Waals surface area (Å²) < 4.78 is 6.40. The number of likely N-dealkylation sites (tertiary alicyclic amines) is 1. The highest BCUT2D eigenvalue weighted by atomic mass is 16.5. The van der Waals surface area contributed by atoms with Gasteiger partial charge in [0, 0.05) is 31.3 Å². The van der Waals surface area contributed by atoms with Gasteiger partial charge in [-0.25, -0.2) is 0 Å². The molecule has 0 bridgehead atoms. The van der Waals surface area contributed by atoms with Crippen LogP contribution in [-0.4, -0.2) is 35.3 Å². The van der Waals surface area contributed by atoms with Gasteiger partial charge in [0.05, 0.1) is 12.0 Å². The number of rotatable bonds is 0. The molecule has 4 heteroatoms. The topological polar surface area (TPSA) is 46.6 Å². The molecule has 1 fully saturated rings. The predicted octanol–water partition coefficient (Wildman–Crippen LogP) is 3.68. The molecule has 1 spiro atoms. The minimum absolute atomic E-state index is 0.162. The van der Waals surface area contributed by atoms with E-state index in [1.165, 1.54) is 0 Å². The third-order valence-electron chi connectivity index (χ3n) is 5.38. The lowest BCUT2D eigenvalue weighted by molar-refractivity contribution is -0.143. The second kappa shape index (κ2) is 5.61. The number of nitrogens with zero attached hydrogens (tertiary/aromatic N) is 1. The van der Waals surface area contributed by atoms with Crippen LogP contribution in [0.4, 0.5) is 0 Å². The van der Waals surface area contributed by atoms with Crippen molar-refractivity contribution in [3.8, 4) is 5.75 Å². The molecule has 0 saturated carbocycles. The van der Waals surface area contributed by atoms with Crippen LogP contribution in [-0.2, 0) is 4.79 Å². The van der Waals surface area contributed by atoms with Gasteiger partial charge in [-0.05, 0) is 31.0 Å². The lowest BCUT2D eigenvalue weighted by Gasteiger charge is -2.45. The van der Waals surface area contributed by atoms with Crippen molar-refractivity contribution in [1.82, 2.24) is 4.90 Å². The maximum absolute atomic E-state index is 12.6. The number of ketones is 1. The summed E-state index contributed by atoms with van der Waals surface area (Å²) in [5, 5.41) is 0. The molecule has 0 radical (unpaired) electrons. The molecule has 2 heterocycles. The maximum atomic E-state index is 12.6. The average molecular weight is 329 g/mol. The van der Waals surface area contributed by atoms with Crippen molar-refractivity contribution in [1.29, 1.82) is 0 Å². The Balaban J connectivity index is 1.81. The molecule has 0 aliphatic carbocycles. The summed E-state index contributed by atoms with van der Waals surface area (Å²) in [6, 6.07) is 3.86. The van der Waals surface area contributed by atoms with E-state index in [-0.39, 0.29) is 17.1 Å². The van der Waals surface area contributed by atoms with Gasteiger partial charge in [-0.15, -0.1) is 0 Å². The summed E-state index contributed by atoms with van der Waals surface area (Å²) >= 11 is 0. The Kier molecular flexibility index (Phi) is 3.97. The normalized spacial score (nSPS) is 19.9. The van der Waals surface area contributed by atoms with E-state index in [1.54, 1.807) is 0 Å². The third kappa shape index (κ3) is 2.83. The maximum Gasteiger partial charge on any atom is 0.227 e. The first-order valence-electron chi connectivity index (χ1n) is 8.75. The molecule has 24 heavy (non-hydrogen) atoms. The van der Waals surface area contributed by atoms with Gasteiger partial charge in [-0.1, -0.05) is 26.8 Å². The standard InChI is InChI=1S/C20H27NO3/c1-13-6-7-15-16(22)12-20(24-17(15)14(13)2)8-10-21(11-9-20)18(23)19(3,4)5/h6-7H,8-12H2,1-5H3. The molecule has 3 rings (SSSR count). The van der Waals surface area contributed by atoms with E-state index >= 15 is 0 Å². The molecular weight excluding hydrogens is 302 g/mol. The zero-order valence-electron chi connectivity index (χ0n) is 15.4. The first-order valence-corrected chi connectivity index (χ1v) is 8.75. The molecule has 1 saturated heterocycles. The van der Waals surface area contributed by atoms with Crippen molar-refractivity contribution in [2.24, 2.45) is 5.41 Å². The monoisotopic (exact) mass is 329 g/mol. The van der Waals surface area contributed by atoms with Gasteiger partial charge in [-0.2, -0.15) is 0 Å².